The molecule has 0 aromatic heterocycles. The Morgan fingerprint density at radius 3 is 2.71 bits per heavy atom. The van der Waals surface area contributed by atoms with E-state index < -0.39 is 0 Å². The highest BCUT2D eigenvalue weighted by atomic mass is 15.2. The van der Waals surface area contributed by atoms with Gasteiger partial charge >= 0.3 is 0 Å². The van der Waals surface area contributed by atoms with Gasteiger partial charge in [-0.2, -0.15) is 0 Å². The summed E-state index contributed by atoms with van der Waals surface area (Å²) in [6, 6.07) is 7.95. The molecule has 1 saturated heterocycles. The molecule has 0 radical (unpaired) electrons. The van der Waals surface area contributed by atoms with E-state index in [0.717, 1.165) is 12.5 Å². The van der Waals surface area contributed by atoms with Crippen LogP contribution in [0.25, 0.3) is 0 Å². The zero-order valence-corrected chi connectivity index (χ0v) is 13.1. The lowest BCUT2D eigenvalue weighted by Gasteiger charge is -2.40. The zero-order chi connectivity index (χ0) is 14.1. The van der Waals surface area contributed by atoms with Crippen LogP contribution >= 0.6 is 0 Å². The topological polar surface area (TPSA) is 15.3 Å². The monoisotopic (exact) mass is 284 g/mol. The second kappa shape index (κ2) is 6.00. The molecule has 0 spiro atoms. The number of hydrogen-bond acceptors (Lipinski definition) is 2. The molecule has 0 amide bonds. The van der Waals surface area contributed by atoms with Gasteiger partial charge in [0, 0.05) is 31.4 Å². The van der Waals surface area contributed by atoms with Crippen molar-refractivity contribution in [2.75, 3.05) is 24.5 Å². The van der Waals surface area contributed by atoms with Crippen molar-refractivity contribution >= 4 is 5.69 Å². The van der Waals surface area contributed by atoms with E-state index >= 15 is 0 Å². The van der Waals surface area contributed by atoms with Gasteiger partial charge < -0.3 is 10.2 Å². The molecule has 1 atom stereocenters. The summed E-state index contributed by atoms with van der Waals surface area (Å²) in [6.07, 6.45) is 11.2. The molecule has 1 heterocycles. The molecule has 114 valence electrons. The van der Waals surface area contributed by atoms with E-state index in [0.29, 0.717) is 6.04 Å². The lowest BCUT2D eigenvalue weighted by atomic mass is 9.83. The molecule has 2 fully saturated rings. The van der Waals surface area contributed by atoms with E-state index in [1.165, 1.54) is 70.1 Å². The molecule has 0 bridgehead atoms. The maximum atomic E-state index is 3.80. The number of hydrogen-bond donors (Lipinski definition) is 1. The molecular formula is C19H28N2. The Morgan fingerprint density at radius 1 is 0.952 bits per heavy atom. The fraction of sp³-hybridized carbons (Fsp3) is 0.684. The van der Waals surface area contributed by atoms with Gasteiger partial charge in [0.1, 0.15) is 0 Å². The number of benzene rings is 1. The molecular weight excluding hydrogens is 256 g/mol. The van der Waals surface area contributed by atoms with Crippen LogP contribution < -0.4 is 10.2 Å². The second-order valence-corrected chi connectivity index (χ2v) is 7.21. The lowest BCUT2D eigenvalue weighted by molar-refractivity contribution is 0.257. The minimum absolute atomic E-state index is 0.715. The van der Waals surface area contributed by atoms with Crippen molar-refractivity contribution in [3.63, 3.8) is 0 Å². The lowest BCUT2D eigenvalue weighted by Crippen LogP contribution is -2.54. The van der Waals surface area contributed by atoms with Gasteiger partial charge in [-0.1, -0.05) is 25.3 Å². The number of aryl methyl sites for hydroxylation is 2. The van der Waals surface area contributed by atoms with Crippen LogP contribution in [0.1, 0.15) is 49.7 Å². The molecule has 2 aliphatic carbocycles. The van der Waals surface area contributed by atoms with Gasteiger partial charge in [0.15, 0.2) is 0 Å². The smallest absolute Gasteiger partial charge is 0.0370 e. The fourth-order valence-electron chi connectivity index (χ4n) is 4.62. The molecule has 21 heavy (non-hydrogen) atoms. The van der Waals surface area contributed by atoms with Gasteiger partial charge in [-0.15, -0.1) is 0 Å². The molecule has 1 aliphatic heterocycles. The molecule has 1 saturated carbocycles. The SMILES string of the molecule is c1cc2c(cc1N1CCNC(C3CCCCC3)C1)CCC2. The minimum atomic E-state index is 0.715. The number of anilines is 1. The van der Waals surface area contributed by atoms with Crippen LogP contribution in [-0.4, -0.2) is 25.7 Å². The van der Waals surface area contributed by atoms with Crippen LogP contribution in [0.5, 0.6) is 0 Å². The molecule has 1 N–H and O–H groups in total. The maximum absolute atomic E-state index is 3.80. The quantitative estimate of drug-likeness (QED) is 0.893. The van der Waals surface area contributed by atoms with Gasteiger partial charge in [-0.05, 0) is 61.3 Å². The summed E-state index contributed by atoms with van der Waals surface area (Å²) in [5.74, 6) is 0.913. The normalized spacial score (nSPS) is 26.9. The minimum Gasteiger partial charge on any atom is -0.369 e. The Hall–Kier alpha value is -1.02. The Labute approximate surface area is 128 Å². The van der Waals surface area contributed by atoms with Crippen molar-refractivity contribution in [1.82, 2.24) is 5.32 Å². The summed E-state index contributed by atoms with van der Waals surface area (Å²) in [5.41, 5.74) is 4.68. The van der Waals surface area contributed by atoms with Crippen LogP contribution in [0.2, 0.25) is 0 Å². The first-order chi connectivity index (χ1) is 10.4. The Kier molecular flexibility index (Phi) is 3.89. The summed E-state index contributed by atoms with van der Waals surface area (Å²) in [7, 11) is 0. The third-order valence-corrected chi connectivity index (χ3v) is 5.87. The Bertz CT molecular complexity index is 490. The standard InChI is InChI=1S/C19H28N2/c1-2-5-16(6-3-1)19-14-21(12-11-20-19)18-10-9-15-7-4-8-17(15)13-18/h9-10,13,16,19-20H,1-8,11-12,14H2. The average molecular weight is 284 g/mol. The van der Waals surface area contributed by atoms with Crippen LogP contribution in [0.4, 0.5) is 5.69 Å². The molecule has 1 aromatic rings. The predicted octanol–water partition coefficient (Wildman–Crippen LogP) is 3.53. The number of nitrogens with one attached hydrogen (secondary N) is 1. The first-order valence-corrected chi connectivity index (χ1v) is 9.00. The fourth-order valence-corrected chi connectivity index (χ4v) is 4.62. The summed E-state index contributed by atoms with van der Waals surface area (Å²) >= 11 is 0. The molecule has 1 unspecified atom stereocenters. The highest BCUT2D eigenvalue weighted by Crippen LogP contribution is 2.30. The molecule has 2 nitrogen and oxygen atoms in total. The predicted molar refractivity (Wildman–Crippen MR) is 89.0 cm³/mol. The third kappa shape index (κ3) is 2.83. The first-order valence-electron chi connectivity index (χ1n) is 9.00. The van der Waals surface area contributed by atoms with E-state index in [9.17, 15) is 0 Å². The highest BCUT2D eigenvalue weighted by Gasteiger charge is 2.28. The van der Waals surface area contributed by atoms with Gasteiger partial charge in [-0.3, -0.25) is 0 Å². The number of rotatable bonds is 2. The third-order valence-electron chi connectivity index (χ3n) is 5.87. The first kappa shape index (κ1) is 13.6. The highest BCUT2D eigenvalue weighted by molar-refractivity contribution is 5.52. The summed E-state index contributed by atoms with van der Waals surface area (Å²) in [4.78, 5) is 2.63. The van der Waals surface area contributed by atoms with Gasteiger partial charge in [-0.25, -0.2) is 0 Å². The zero-order valence-electron chi connectivity index (χ0n) is 13.1. The van der Waals surface area contributed by atoms with Gasteiger partial charge in [0.2, 0.25) is 0 Å². The van der Waals surface area contributed by atoms with Crippen LogP contribution in [0.15, 0.2) is 18.2 Å². The Morgan fingerprint density at radius 2 is 1.81 bits per heavy atom. The van der Waals surface area contributed by atoms with E-state index in [1.54, 1.807) is 11.1 Å². The van der Waals surface area contributed by atoms with Crippen molar-refractivity contribution in [1.29, 1.82) is 0 Å². The van der Waals surface area contributed by atoms with Crippen LogP contribution in [0, 0.1) is 5.92 Å². The number of fused-ring (bicyclic) bond motifs is 1. The van der Waals surface area contributed by atoms with Crippen molar-refractivity contribution < 1.29 is 0 Å². The second-order valence-electron chi connectivity index (χ2n) is 7.21. The van der Waals surface area contributed by atoms with Crippen molar-refractivity contribution in [2.45, 2.75) is 57.4 Å². The molecule has 3 aliphatic rings. The number of piperazine rings is 1. The Balaban J connectivity index is 1.47. The van der Waals surface area contributed by atoms with E-state index in [-0.39, 0.29) is 0 Å². The van der Waals surface area contributed by atoms with Gasteiger partial charge in [0.05, 0.1) is 0 Å². The van der Waals surface area contributed by atoms with Crippen molar-refractivity contribution in [3.05, 3.63) is 29.3 Å². The summed E-state index contributed by atoms with van der Waals surface area (Å²) < 4.78 is 0. The maximum Gasteiger partial charge on any atom is 0.0370 e. The van der Waals surface area contributed by atoms with Crippen LogP contribution in [0.3, 0.4) is 0 Å². The van der Waals surface area contributed by atoms with E-state index in [1.807, 2.05) is 0 Å². The summed E-state index contributed by atoms with van der Waals surface area (Å²) in [5, 5.41) is 3.80. The molecule has 2 heteroatoms. The number of nitrogens with zero attached hydrogens (tertiary/aromatic N) is 1. The van der Waals surface area contributed by atoms with E-state index in [4.69, 9.17) is 0 Å². The van der Waals surface area contributed by atoms with Crippen molar-refractivity contribution in [3.8, 4) is 0 Å². The summed E-state index contributed by atoms with van der Waals surface area (Å²) in [6.45, 7) is 3.53. The van der Waals surface area contributed by atoms with E-state index in [2.05, 4.69) is 28.4 Å². The largest absolute Gasteiger partial charge is 0.369 e. The van der Waals surface area contributed by atoms with Crippen LogP contribution in [-0.2, 0) is 12.8 Å². The van der Waals surface area contributed by atoms with Crippen molar-refractivity contribution in [2.24, 2.45) is 5.92 Å². The van der Waals surface area contributed by atoms with Gasteiger partial charge in [0.25, 0.3) is 0 Å². The molecule has 4 rings (SSSR count). The molecule has 1 aromatic carbocycles. The average Bonchev–Trinajstić information content (AvgIpc) is 3.03.